The summed E-state index contributed by atoms with van der Waals surface area (Å²) in [5.41, 5.74) is 2.35. The Morgan fingerprint density at radius 3 is 2.74 bits per heavy atom. The average Bonchev–Trinajstić information content (AvgIpc) is 2.39. The molecule has 0 radical (unpaired) electrons. The summed E-state index contributed by atoms with van der Waals surface area (Å²) in [5, 5.41) is 3.33. The van der Waals surface area contributed by atoms with Crippen LogP contribution in [0.1, 0.15) is 18.1 Å². The lowest BCUT2D eigenvalue weighted by atomic mass is 10.2. The molecule has 0 aliphatic heterocycles. The molecule has 0 amide bonds. The Bertz CT molecular complexity index is 554. The predicted molar refractivity (Wildman–Crippen MR) is 82.8 cm³/mol. The molecule has 1 N–H and O–H groups in total. The van der Waals surface area contributed by atoms with E-state index < -0.39 is 0 Å². The van der Waals surface area contributed by atoms with Crippen LogP contribution >= 0.6 is 15.9 Å². The van der Waals surface area contributed by atoms with E-state index in [1.807, 2.05) is 30.3 Å². The summed E-state index contributed by atoms with van der Waals surface area (Å²) in [7, 11) is 0. The van der Waals surface area contributed by atoms with E-state index in [1.54, 1.807) is 0 Å². The van der Waals surface area contributed by atoms with Crippen molar-refractivity contribution in [3.05, 3.63) is 58.1 Å². The number of hydrogen-bond donors (Lipinski definition) is 1. The number of aryl methyl sites for hydroxylation is 1. The zero-order chi connectivity index (χ0) is 13.7. The first-order valence-electron chi connectivity index (χ1n) is 6.42. The van der Waals surface area contributed by atoms with Gasteiger partial charge in [-0.1, -0.05) is 35.0 Å². The van der Waals surface area contributed by atoms with Crippen molar-refractivity contribution < 1.29 is 4.74 Å². The minimum atomic E-state index is 0.803. The van der Waals surface area contributed by atoms with E-state index in [2.05, 4.69) is 47.2 Å². The molecule has 100 valence electrons. The molecule has 2 rings (SSSR count). The largest absolute Gasteiger partial charge is 0.457 e. The lowest BCUT2D eigenvalue weighted by Crippen LogP contribution is -2.12. The Morgan fingerprint density at radius 1 is 1.16 bits per heavy atom. The second kappa shape index (κ2) is 6.73. The number of nitrogens with one attached hydrogen (secondary N) is 1. The van der Waals surface area contributed by atoms with Crippen molar-refractivity contribution in [2.24, 2.45) is 0 Å². The molecule has 0 heterocycles. The third kappa shape index (κ3) is 4.08. The third-order valence-corrected chi connectivity index (χ3v) is 3.30. The van der Waals surface area contributed by atoms with E-state index >= 15 is 0 Å². The lowest BCUT2D eigenvalue weighted by molar-refractivity contribution is 0.473. The van der Waals surface area contributed by atoms with Gasteiger partial charge in [-0.05, 0) is 49.4 Å². The Kier molecular flexibility index (Phi) is 5.00. The van der Waals surface area contributed by atoms with Gasteiger partial charge in [0.1, 0.15) is 11.5 Å². The fourth-order valence-electron chi connectivity index (χ4n) is 1.85. The minimum absolute atomic E-state index is 0.803. The quantitative estimate of drug-likeness (QED) is 0.865. The Labute approximate surface area is 122 Å². The van der Waals surface area contributed by atoms with Crippen molar-refractivity contribution in [2.45, 2.75) is 20.4 Å². The first kappa shape index (κ1) is 14.1. The van der Waals surface area contributed by atoms with Crippen LogP contribution in [0, 0.1) is 6.92 Å². The minimum Gasteiger partial charge on any atom is -0.457 e. The maximum Gasteiger partial charge on any atom is 0.131 e. The highest BCUT2D eigenvalue weighted by molar-refractivity contribution is 9.10. The second-order valence-electron chi connectivity index (χ2n) is 4.45. The molecule has 19 heavy (non-hydrogen) atoms. The normalized spacial score (nSPS) is 10.5. The van der Waals surface area contributed by atoms with Crippen LogP contribution in [0.15, 0.2) is 46.9 Å². The summed E-state index contributed by atoms with van der Waals surface area (Å²) in [4.78, 5) is 0. The number of benzene rings is 2. The van der Waals surface area contributed by atoms with Crippen molar-refractivity contribution >= 4 is 15.9 Å². The molecule has 2 aromatic rings. The number of hydrogen-bond acceptors (Lipinski definition) is 2. The van der Waals surface area contributed by atoms with Crippen LogP contribution in [0.3, 0.4) is 0 Å². The van der Waals surface area contributed by atoms with Crippen LogP contribution in [-0.2, 0) is 6.54 Å². The molecule has 0 aliphatic carbocycles. The van der Waals surface area contributed by atoms with Gasteiger partial charge >= 0.3 is 0 Å². The van der Waals surface area contributed by atoms with Crippen LogP contribution in [0.25, 0.3) is 0 Å². The summed E-state index contributed by atoms with van der Waals surface area (Å²) in [6.07, 6.45) is 0. The molecule has 2 aromatic carbocycles. The fraction of sp³-hybridized carbons (Fsp3) is 0.250. The highest BCUT2D eigenvalue weighted by Gasteiger charge is 2.05. The molecule has 0 saturated carbocycles. The van der Waals surface area contributed by atoms with Gasteiger partial charge in [-0.2, -0.15) is 0 Å². The van der Waals surface area contributed by atoms with E-state index in [0.717, 1.165) is 34.6 Å². The molecule has 0 spiro atoms. The van der Waals surface area contributed by atoms with Gasteiger partial charge < -0.3 is 10.1 Å². The first-order valence-corrected chi connectivity index (χ1v) is 7.22. The third-order valence-electron chi connectivity index (χ3n) is 2.81. The van der Waals surface area contributed by atoms with E-state index in [4.69, 9.17) is 4.74 Å². The Hall–Kier alpha value is -1.32. The zero-order valence-electron chi connectivity index (χ0n) is 11.2. The molecule has 2 nitrogen and oxygen atoms in total. The van der Waals surface area contributed by atoms with E-state index in [9.17, 15) is 0 Å². The molecule has 0 atom stereocenters. The number of rotatable bonds is 5. The molecule has 0 aromatic heterocycles. The van der Waals surface area contributed by atoms with Crippen molar-refractivity contribution in [2.75, 3.05) is 6.54 Å². The second-order valence-corrected chi connectivity index (χ2v) is 5.37. The topological polar surface area (TPSA) is 21.3 Å². The van der Waals surface area contributed by atoms with E-state index in [1.165, 1.54) is 5.56 Å². The molecule has 0 aliphatic rings. The van der Waals surface area contributed by atoms with E-state index in [-0.39, 0.29) is 0 Å². The Morgan fingerprint density at radius 2 is 2.00 bits per heavy atom. The summed E-state index contributed by atoms with van der Waals surface area (Å²) >= 11 is 3.50. The van der Waals surface area contributed by atoms with Gasteiger partial charge in [-0.25, -0.2) is 0 Å². The highest BCUT2D eigenvalue weighted by atomic mass is 79.9. The van der Waals surface area contributed by atoms with Crippen LogP contribution < -0.4 is 10.1 Å². The van der Waals surface area contributed by atoms with Crippen LogP contribution in [0.5, 0.6) is 11.5 Å². The van der Waals surface area contributed by atoms with Crippen molar-refractivity contribution in [1.82, 2.24) is 5.32 Å². The average molecular weight is 320 g/mol. The summed E-state index contributed by atoms with van der Waals surface area (Å²) in [5.74, 6) is 1.77. The molecule has 0 saturated heterocycles. The van der Waals surface area contributed by atoms with E-state index in [0.29, 0.717) is 0 Å². The van der Waals surface area contributed by atoms with Crippen molar-refractivity contribution in [3.63, 3.8) is 0 Å². The van der Waals surface area contributed by atoms with Crippen LogP contribution in [0.4, 0.5) is 0 Å². The zero-order valence-corrected chi connectivity index (χ0v) is 12.8. The van der Waals surface area contributed by atoms with Gasteiger partial charge in [0.25, 0.3) is 0 Å². The van der Waals surface area contributed by atoms with Gasteiger partial charge in [-0.15, -0.1) is 0 Å². The maximum atomic E-state index is 5.98. The standard InChI is InChI=1S/C16H18BrNO/c1-3-18-11-13-10-14(17)7-8-16(13)19-15-6-4-5-12(2)9-15/h4-10,18H,3,11H2,1-2H3. The maximum absolute atomic E-state index is 5.98. The molecule has 0 bridgehead atoms. The van der Waals surface area contributed by atoms with Crippen molar-refractivity contribution in [3.8, 4) is 11.5 Å². The van der Waals surface area contributed by atoms with Crippen LogP contribution in [0.2, 0.25) is 0 Å². The van der Waals surface area contributed by atoms with Gasteiger partial charge in [0.05, 0.1) is 0 Å². The lowest BCUT2D eigenvalue weighted by Gasteiger charge is -2.12. The molecule has 0 fully saturated rings. The summed E-state index contributed by atoms with van der Waals surface area (Å²) < 4.78 is 7.05. The molecular formula is C16H18BrNO. The Balaban J connectivity index is 2.23. The predicted octanol–water partition coefficient (Wildman–Crippen LogP) is 4.66. The number of halogens is 1. The first-order chi connectivity index (χ1) is 9.19. The summed E-state index contributed by atoms with van der Waals surface area (Å²) in [6.45, 7) is 5.90. The summed E-state index contributed by atoms with van der Waals surface area (Å²) in [6, 6.07) is 14.2. The molecule has 0 unspecified atom stereocenters. The van der Waals surface area contributed by atoms with Crippen LogP contribution in [-0.4, -0.2) is 6.54 Å². The van der Waals surface area contributed by atoms with Gasteiger partial charge in [-0.3, -0.25) is 0 Å². The molecular weight excluding hydrogens is 302 g/mol. The SMILES string of the molecule is CCNCc1cc(Br)ccc1Oc1cccc(C)c1. The fourth-order valence-corrected chi connectivity index (χ4v) is 2.26. The monoisotopic (exact) mass is 319 g/mol. The van der Waals surface area contributed by atoms with Gasteiger partial charge in [0.15, 0.2) is 0 Å². The highest BCUT2D eigenvalue weighted by Crippen LogP contribution is 2.28. The van der Waals surface area contributed by atoms with Gasteiger partial charge in [0, 0.05) is 16.6 Å². The van der Waals surface area contributed by atoms with Crippen molar-refractivity contribution in [1.29, 1.82) is 0 Å². The number of ether oxygens (including phenoxy) is 1. The smallest absolute Gasteiger partial charge is 0.131 e. The van der Waals surface area contributed by atoms with Gasteiger partial charge in [0.2, 0.25) is 0 Å². The molecule has 3 heteroatoms.